The molecule has 2 aliphatic heterocycles. The molecule has 1 saturated heterocycles. The summed E-state index contributed by atoms with van der Waals surface area (Å²) in [4.78, 5) is 19.3. The minimum absolute atomic E-state index is 0.0598. The summed E-state index contributed by atoms with van der Waals surface area (Å²) in [5, 5.41) is 21.5. The van der Waals surface area contributed by atoms with Gasteiger partial charge in [-0.25, -0.2) is 14.4 Å². The van der Waals surface area contributed by atoms with E-state index in [0.717, 1.165) is 19.0 Å². The Morgan fingerprint density at radius 2 is 2.15 bits per heavy atom. The summed E-state index contributed by atoms with van der Waals surface area (Å²) < 4.78 is 44.4. The molecule has 14 heteroatoms. The van der Waals surface area contributed by atoms with Gasteiger partial charge in [-0.2, -0.15) is 19.1 Å². The number of nitrogens with one attached hydrogen (secondary N) is 2. The second-order valence-electron chi connectivity index (χ2n) is 8.63. The molecule has 206 valence electrons. The Bertz CT molecular complexity index is 1330. The first kappa shape index (κ1) is 28.5. The van der Waals surface area contributed by atoms with Crippen LogP contribution in [-0.2, 0) is 4.79 Å². The topological polar surface area (TPSA) is 105 Å². The molecule has 0 bridgehead atoms. The van der Waals surface area contributed by atoms with Crippen LogP contribution in [0.15, 0.2) is 46.5 Å². The third-order valence-corrected chi connectivity index (χ3v) is 7.00. The Labute approximate surface area is 232 Å². The van der Waals surface area contributed by atoms with Gasteiger partial charge in [0.15, 0.2) is 17.8 Å². The van der Waals surface area contributed by atoms with Gasteiger partial charge in [-0.05, 0) is 50.6 Å². The number of rotatable bonds is 7. The molecule has 2 N–H and O–H groups in total. The summed E-state index contributed by atoms with van der Waals surface area (Å²) in [5.41, 5.74) is 0.668. The number of guanidine groups is 1. The number of nitriles is 1. The number of hydrazone groups is 1. The van der Waals surface area contributed by atoms with Crippen molar-refractivity contribution in [3.8, 4) is 11.9 Å². The molecule has 0 saturated carbocycles. The van der Waals surface area contributed by atoms with Crippen molar-refractivity contribution in [1.29, 1.82) is 5.26 Å². The number of hydrogen-bond acceptors (Lipinski definition) is 6. The van der Waals surface area contributed by atoms with Gasteiger partial charge < -0.3 is 15.0 Å². The highest BCUT2D eigenvalue weighted by Crippen LogP contribution is 2.30. The maximum atomic E-state index is 14.9. The fourth-order valence-electron chi connectivity index (χ4n) is 4.49. The van der Waals surface area contributed by atoms with Gasteiger partial charge in [-0.15, -0.1) is 0 Å². The average Bonchev–Trinajstić information content (AvgIpc) is 3.59. The van der Waals surface area contributed by atoms with E-state index in [9.17, 15) is 23.2 Å². The highest BCUT2D eigenvalue weighted by Gasteiger charge is 2.39. The summed E-state index contributed by atoms with van der Waals surface area (Å²) >= 11 is 12.4. The normalized spacial score (nSPS) is 19.2. The number of aliphatic imine (C=N–C) groups is 1. The summed E-state index contributed by atoms with van der Waals surface area (Å²) in [6.07, 6.45) is 3.31. The zero-order valence-corrected chi connectivity index (χ0v) is 22.2. The average molecular weight is 582 g/mol. The number of benzene rings is 2. The molecule has 2 aliphatic rings. The predicted octanol–water partition coefficient (Wildman–Crippen LogP) is 4.48. The molecule has 9 nitrogen and oxygen atoms in total. The van der Waals surface area contributed by atoms with Gasteiger partial charge in [0.1, 0.15) is 5.69 Å². The Morgan fingerprint density at radius 1 is 1.36 bits per heavy atom. The van der Waals surface area contributed by atoms with Crippen molar-refractivity contribution in [3.63, 3.8) is 0 Å². The lowest BCUT2D eigenvalue weighted by Gasteiger charge is -2.31. The molecular weight excluding hydrogens is 558 g/mol. The molecular formula is C25H24Cl2F3N7O2. The van der Waals surface area contributed by atoms with Gasteiger partial charge in [0.25, 0.3) is 0 Å². The van der Waals surface area contributed by atoms with Crippen LogP contribution < -0.4 is 15.4 Å². The van der Waals surface area contributed by atoms with Gasteiger partial charge in [0.05, 0.1) is 34.4 Å². The van der Waals surface area contributed by atoms with Gasteiger partial charge in [-0.1, -0.05) is 35.3 Å². The lowest BCUT2D eigenvalue weighted by Crippen LogP contribution is -2.53. The lowest BCUT2D eigenvalue weighted by atomic mass is 10.0. The third-order valence-electron chi connectivity index (χ3n) is 6.26. The van der Waals surface area contributed by atoms with Gasteiger partial charge in [0, 0.05) is 12.1 Å². The molecule has 1 fully saturated rings. The molecule has 0 spiro atoms. The third kappa shape index (κ3) is 6.38. The van der Waals surface area contributed by atoms with Crippen LogP contribution in [0.2, 0.25) is 10.0 Å². The molecule has 0 aromatic heterocycles. The number of likely N-dealkylation sites (N-methyl/N-ethyl adjacent to an activating group) is 1. The first-order chi connectivity index (χ1) is 18.7. The molecule has 2 heterocycles. The van der Waals surface area contributed by atoms with Crippen LogP contribution in [0, 0.1) is 17.3 Å². The number of hydrogen-bond donors (Lipinski definition) is 2. The SMILES string of the molecule is CCN(C(=O)[C@H]1CCCN1)[C@@H]1CN(C(=Nc2cccc(OC(F)F)c2F)NC#N)N=C1c1ccc(Cl)c(Cl)c1. The number of amides is 1. The highest BCUT2D eigenvalue weighted by atomic mass is 35.5. The van der Waals surface area contributed by atoms with E-state index in [1.807, 2.05) is 6.92 Å². The zero-order valence-electron chi connectivity index (χ0n) is 20.7. The Balaban J connectivity index is 1.75. The number of carbonyl (C=O) groups excluding carboxylic acids is 1. The smallest absolute Gasteiger partial charge is 0.387 e. The Morgan fingerprint density at radius 3 is 2.79 bits per heavy atom. The van der Waals surface area contributed by atoms with E-state index in [1.165, 1.54) is 17.1 Å². The number of halogens is 5. The molecule has 39 heavy (non-hydrogen) atoms. The van der Waals surface area contributed by atoms with E-state index in [-0.39, 0.29) is 35.2 Å². The van der Waals surface area contributed by atoms with Gasteiger partial charge in [0.2, 0.25) is 11.9 Å². The molecule has 4 rings (SSSR count). The molecule has 2 aromatic rings. The number of carbonyl (C=O) groups is 1. The van der Waals surface area contributed by atoms with Crippen LogP contribution in [0.1, 0.15) is 25.3 Å². The van der Waals surface area contributed by atoms with E-state index in [1.54, 1.807) is 29.3 Å². The second-order valence-corrected chi connectivity index (χ2v) is 9.44. The monoisotopic (exact) mass is 581 g/mol. The van der Waals surface area contributed by atoms with Crippen LogP contribution in [-0.4, -0.2) is 65.8 Å². The van der Waals surface area contributed by atoms with Crippen LogP contribution >= 0.6 is 23.2 Å². The Kier molecular flexibility index (Phi) is 9.16. The first-order valence-corrected chi connectivity index (χ1v) is 12.8. The van der Waals surface area contributed by atoms with Crippen molar-refractivity contribution < 1.29 is 22.7 Å². The molecule has 0 unspecified atom stereocenters. The number of nitrogens with zero attached hydrogens (tertiary/aromatic N) is 5. The fraction of sp³-hybridized carbons (Fsp3) is 0.360. The van der Waals surface area contributed by atoms with Crippen molar-refractivity contribution >= 4 is 46.5 Å². The fourth-order valence-corrected chi connectivity index (χ4v) is 4.78. The Hall–Kier alpha value is -3.53. The highest BCUT2D eigenvalue weighted by molar-refractivity contribution is 6.42. The predicted molar refractivity (Wildman–Crippen MR) is 141 cm³/mol. The lowest BCUT2D eigenvalue weighted by molar-refractivity contribution is -0.133. The number of ether oxygens (including phenoxy) is 1. The van der Waals surface area contributed by atoms with Crippen LogP contribution in [0.5, 0.6) is 5.75 Å². The molecule has 1 amide bonds. The zero-order chi connectivity index (χ0) is 28.1. The quantitative estimate of drug-likeness (QED) is 0.216. The minimum atomic E-state index is -3.24. The van der Waals surface area contributed by atoms with Crippen molar-refractivity contribution in [2.45, 2.75) is 38.5 Å². The summed E-state index contributed by atoms with van der Waals surface area (Å²) in [7, 11) is 0. The largest absolute Gasteiger partial charge is 0.432 e. The summed E-state index contributed by atoms with van der Waals surface area (Å²) in [6, 6.07) is 7.54. The number of alkyl halides is 2. The molecule has 2 aromatic carbocycles. The van der Waals surface area contributed by atoms with E-state index in [4.69, 9.17) is 23.2 Å². The first-order valence-electron chi connectivity index (χ1n) is 12.1. The van der Waals surface area contributed by atoms with Crippen molar-refractivity contribution in [3.05, 3.63) is 57.8 Å². The maximum Gasteiger partial charge on any atom is 0.387 e. The summed E-state index contributed by atoms with van der Waals surface area (Å²) in [6.45, 7) is -0.240. The molecule has 0 radical (unpaired) electrons. The van der Waals surface area contributed by atoms with E-state index in [2.05, 4.69) is 25.5 Å². The van der Waals surface area contributed by atoms with Crippen LogP contribution in [0.4, 0.5) is 18.9 Å². The minimum Gasteiger partial charge on any atom is -0.432 e. The van der Waals surface area contributed by atoms with E-state index < -0.39 is 24.2 Å². The van der Waals surface area contributed by atoms with Crippen molar-refractivity contribution in [2.24, 2.45) is 10.1 Å². The molecule has 2 atom stereocenters. The van der Waals surface area contributed by atoms with Crippen molar-refractivity contribution in [2.75, 3.05) is 19.6 Å². The van der Waals surface area contributed by atoms with Gasteiger partial charge >= 0.3 is 6.61 Å². The maximum absolute atomic E-state index is 14.9. The van der Waals surface area contributed by atoms with E-state index >= 15 is 0 Å². The summed E-state index contributed by atoms with van der Waals surface area (Å²) in [5.74, 6) is -2.14. The van der Waals surface area contributed by atoms with Gasteiger partial charge in [-0.3, -0.25) is 10.1 Å². The van der Waals surface area contributed by atoms with Crippen LogP contribution in [0.3, 0.4) is 0 Å². The van der Waals surface area contributed by atoms with Crippen molar-refractivity contribution in [1.82, 2.24) is 20.5 Å². The van der Waals surface area contributed by atoms with E-state index in [0.29, 0.717) is 29.3 Å². The standard InChI is InChI=1S/C25H24Cl2F3N7O2/c1-2-36(23(38)18-6-4-10-32-18)19-12-37(35-22(19)14-8-9-15(26)16(27)11-14)25(33-13-31)34-17-5-3-7-20(21(17)28)39-24(29)30/h3,5,7-9,11,18-19,24,32H,2,4,6,10,12H2,1H3,(H,33,34)/t18-,19-/m1/s1. The molecule has 0 aliphatic carbocycles. The van der Waals surface area contributed by atoms with Crippen LogP contribution in [0.25, 0.3) is 0 Å². The second kappa shape index (κ2) is 12.5.